The van der Waals surface area contributed by atoms with Crippen LogP contribution in [0.4, 0.5) is 4.39 Å². The number of unbranched alkanes of at least 4 members (excludes halogenated alkanes) is 1. The lowest BCUT2D eigenvalue weighted by Crippen LogP contribution is -2.35. The van der Waals surface area contributed by atoms with Gasteiger partial charge >= 0.3 is 5.97 Å². The molecule has 134 valence electrons. The second-order valence-corrected chi connectivity index (χ2v) is 7.25. The summed E-state index contributed by atoms with van der Waals surface area (Å²) in [5, 5.41) is 0. The lowest BCUT2D eigenvalue weighted by Gasteiger charge is -2.33. The van der Waals surface area contributed by atoms with Crippen LogP contribution in [0.3, 0.4) is 0 Å². The maximum absolute atomic E-state index is 14.0. The fourth-order valence-electron chi connectivity index (χ4n) is 3.83. The number of carbonyl (C=O) groups is 1. The van der Waals surface area contributed by atoms with Crippen molar-refractivity contribution in [3.63, 3.8) is 0 Å². The van der Waals surface area contributed by atoms with Gasteiger partial charge in [0.25, 0.3) is 0 Å². The van der Waals surface area contributed by atoms with Crippen molar-refractivity contribution in [3.05, 3.63) is 0 Å². The Balaban J connectivity index is 1.67. The molecule has 4 heteroatoms. The van der Waals surface area contributed by atoms with E-state index in [1.807, 2.05) is 6.92 Å². The van der Waals surface area contributed by atoms with E-state index in [-0.39, 0.29) is 23.9 Å². The number of rotatable bonds is 7. The monoisotopic (exact) mass is 328 g/mol. The lowest BCUT2D eigenvalue weighted by molar-refractivity contribution is -0.159. The molecule has 0 saturated heterocycles. The highest BCUT2D eigenvalue weighted by Crippen LogP contribution is 2.33. The number of alkyl halides is 1. The molecule has 0 amide bonds. The topological polar surface area (TPSA) is 35.5 Å². The van der Waals surface area contributed by atoms with Crippen molar-refractivity contribution in [1.82, 2.24) is 0 Å². The quantitative estimate of drug-likeness (QED) is 0.496. The zero-order valence-corrected chi connectivity index (χ0v) is 14.8. The predicted molar refractivity (Wildman–Crippen MR) is 89.0 cm³/mol. The largest absolute Gasteiger partial charge is 0.462 e. The van der Waals surface area contributed by atoms with Gasteiger partial charge in [-0.15, -0.1) is 0 Å². The van der Waals surface area contributed by atoms with Crippen molar-refractivity contribution in [2.24, 2.45) is 11.8 Å². The summed E-state index contributed by atoms with van der Waals surface area (Å²) in [6.45, 7) is 5.02. The van der Waals surface area contributed by atoms with Gasteiger partial charge in [0.1, 0.15) is 12.3 Å². The van der Waals surface area contributed by atoms with Crippen molar-refractivity contribution >= 4 is 5.97 Å². The summed E-state index contributed by atoms with van der Waals surface area (Å²) in [6.07, 6.45) is 8.05. The van der Waals surface area contributed by atoms with Crippen LogP contribution in [-0.4, -0.2) is 31.0 Å². The van der Waals surface area contributed by atoms with E-state index in [0.717, 1.165) is 64.4 Å². The van der Waals surface area contributed by atoms with Gasteiger partial charge in [-0.05, 0) is 50.9 Å². The summed E-state index contributed by atoms with van der Waals surface area (Å²) >= 11 is 0. The number of halogens is 1. The zero-order valence-electron chi connectivity index (χ0n) is 14.8. The normalized spacial score (nSPS) is 35.0. The molecule has 0 aliphatic heterocycles. The average Bonchev–Trinajstić information content (AvgIpc) is 2.56. The maximum atomic E-state index is 14.0. The van der Waals surface area contributed by atoms with E-state index >= 15 is 0 Å². The molecular formula is C19H33FO3. The molecule has 0 bridgehead atoms. The molecule has 0 aromatic rings. The standard InChI is InChI=1S/C19H33FO3/c1-3-5-12-22-16-9-7-15(8-10-16)19(21)23-17-11-6-14(4-2)18(20)13-17/h14-18H,3-13H2,1-2H3. The third-order valence-electron chi connectivity index (χ3n) is 5.53. The Labute approximate surface area is 140 Å². The summed E-state index contributed by atoms with van der Waals surface area (Å²) < 4.78 is 25.4. The third kappa shape index (κ3) is 5.74. The van der Waals surface area contributed by atoms with Crippen LogP contribution in [0.15, 0.2) is 0 Å². The van der Waals surface area contributed by atoms with Crippen molar-refractivity contribution in [2.75, 3.05) is 6.61 Å². The Kier molecular flexibility index (Phi) is 7.81. The van der Waals surface area contributed by atoms with Gasteiger partial charge in [0, 0.05) is 13.0 Å². The Morgan fingerprint density at radius 2 is 1.74 bits per heavy atom. The van der Waals surface area contributed by atoms with Crippen LogP contribution < -0.4 is 0 Å². The molecule has 0 radical (unpaired) electrons. The molecule has 0 N–H and O–H groups in total. The van der Waals surface area contributed by atoms with E-state index in [1.165, 1.54) is 0 Å². The number of carbonyl (C=O) groups excluding carboxylic acids is 1. The molecule has 2 rings (SSSR count). The Hall–Kier alpha value is -0.640. The molecule has 0 spiro atoms. The van der Waals surface area contributed by atoms with Gasteiger partial charge in [0.2, 0.25) is 0 Å². The fourth-order valence-corrected chi connectivity index (χ4v) is 3.83. The molecule has 2 fully saturated rings. The highest BCUT2D eigenvalue weighted by Gasteiger charge is 2.34. The summed E-state index contributed by atoms with van der Waals surface area (Å²) in [5.41, 5.74) is 0. The highest BCUT2D eigenvalue weighted by atomic mass is 19.1. The van der Waals surface area contributed by atoms with Crippen LogP contribution >= 0.6 is 0 Å². The molecule has 0 aromatic heterocycles. The maximum Gasteiger partial charge on any atom is 0.309 e. The second kappa shape index (κ2) is 9.61. The van der Waals surface area contributed by atoms with Gasteiger partial charge in [-0.2, -0.15) is 0 Å². The first-order chi connectivity index (χ1) is 11.1. The number of hydrogen-bond donors (Lipinski definition) is 0. The fraction of sp³-hybridized carbons (Fsp3) is 0.947. The minimum atomic E-state index is -0.811. The molecule has 2 aliphatic carbocycles. The lowest BCUT2D eigenvalue weighted by atomic mass is 9.84. The minimum Gasteiger partial charge on any atom is -0.462 e. The van der Waals surface area contributed by atoms with E-state index in [1.54, 1.807) is 0 Å². The van der Waals surface area contributed by atoms with Gasteiger partial charge in [0.15, 0.2) is 0 Å². The van der Waals surface area contributed by atoms with Crippen molar-refractivity contribution in [3.8, 4) is 0 Å². The molecule has 2 aliphatic rings. The van der Waals surface area contributed by atoms with Gasteiger partial charge in [-0.1, -0.05) is 26.7 Å². The van der Waals surface area contributed by atoms with Crippen LogP contribution in [0.2, 0.25) is 0 Å². The summed E-state index contributed by atoms with van der Waals surface area (Å²) in [6, 6.07) is 0. The van der Waals surface area contributed by atoms with Crippen molar-refractivity contribution < 1.29 is 18.7 Å². The predicted octanol–water partition coefficient (Wildman–Crippen LogP) is 4.82. The molecule has 0 heterocycles. The van der Waals surface area contributed by atoms with Crippen LogP contribution in [0.25, 0.3) is 0 Å². The van der Waals surface area contributed by atoms with Crippen LogP contribution in [0, 0.1) is 11.8 Å². The van der Waals surface area contributed by atoms with E-state index in [4.69, 9.17) is 9.47 Å². The van der Waals surface area contributed by atoms with Crippen molar-refractivity contribution in [2.45, 2.75) is 96.4 Å². The third-order valence-corrected chi connectivity index (χ3v) is 5.53. The molecular weight excluding hydrogens is 295 g/mol. The SMILES string of the molecule is CCCCOC1CCC(C(=O)OC2CCC(CC)C(F)C2)CC1. The molecule has 3 atom stereocenters. The Bertz CT molecular complexity index is 353. The number of ether oxygens (including phenoxy) is 2. The van der Waals surface area contributed by atoms with Gasteiger partial charge < -0.3 is 9.47 Å². The first-order valence-electron chi connectivity index (χ1n) is 9.60. The summed E-state index contributed by atoms with van der Waals surface area (Å²) in [4.78, 5) is 12.3. The highest BCUT2D eigenvalue weighted by molar-refractivity contribution is 5.72. The second-order valence-electron chi connectivity index (χ2n) is 7.25. The summed E-state index contributed by atoms with van der Waals surface area (Å²) in [5.74, 6) is 0.0350. The van der Waals surface area contributed by atoms with Crippen molar-refractivity contribution in [1.29, 1.82) is 0 Å². The van der Waals surface area contributed by atoms with E-state index < -0.39 is 6.17 Å². The Morgan fingerprint density at radius 1 is 1.04 bits per heavy atom. The smallest absolute Gasteiger partial charge is 0.309 e. The molecule has 3 nitrogen and oxygen atoms in total. The molecule has 2 saturated carbocycles. The van der Waals surface area contributed by atoms with E-state index in [0.29, 0.717) is 12.5 Å². The first kappa shape index (κ1) is 18.7. The van der Waals surface area contributed by atoms with E-state index in [2.05, 4.69) is 6.92 Å². The van der Waals surface area contributed by atoms with Gasteiger partial charge in [-0.25, -0.2) is 4.39 Å². The van der Waals surface area contributed by atoms with Crippen LogP contribution in [0.5, 0.6) is 0 Å². The molecule has 3 unspecified atom stereocenters. The Morgan fingerprint density at radius 3 is 2.35 bits per heavy atom. The summed E-state index contributed by atoms with van der Waals surface area (Å²) in [7, 11) is 0. The molecule has 0 aromatic carbocycles. The minimum absolute atomic E-state index is 0.0111. The van der Waals surface area contributed by atoms with Crippen LogP contribution in [0.1, 0.15) is 78.1 Å². The first-order valence-corrected chi connectivity index (χ1v) is 9.60. The number of hydrogen-bond acceptors (Lipinski definition) is 3. The zero-order chi connectivity index (χ0) is 16.7. The molecule has 23 heavy (non-hydrogen) atoms. The van der Waals surface area contributed by atoms with E-state index in [9.17, 15) is 9.18 Å². The number of esters is 1. The van der Waals surface area contributed by atoms with Gasteiger partial charge in [0.05, 0.1) is 12.0 Å². The van der Waals surface area contributed by atoms with Crippen LogP contribution in [-0.2, 0) is 14.3 Å². The van der Waals surface area contributed by atoms with Gasteiger partial charge in [-0.3, -0.25) is 4.79 Å². The average molecular weight is 328 g/mol.